The Kier molecular flexibility index (Phi) is 5.08. The van der Waals surface area contributed by atoms with Crippen molar-refractivity contribution in [3.05, 3.63) is 58.3 Å². The van der Waals surface area contributed by atoms with Crippen molar-refractivity contribution in [2.75, 3.05) is 0 Å². The highest BCUT2D eigenvalue weighted by Gasteiger charge is 2.30. The lowest BCUT2D eigenvalue weighted by Crippen LogP contribution is -2.26. The van der Waals surface area contributed by atoms with E-state index in [4.69, 9.17) is 0 Å². The first kappa shape index (κ1) is 15.2. The Labute approximate surface area is 128 Å². The van der Waals surface area contributed by atoms with Gasteiger partial charge in [0.05, 0.1) is 11.8 Å². The van der Waals surface area contributed by atoms with Crippen LogP contribution in [0, 0.1) is 17.8 Å². The first-order chi connectivity index (χ1) is 10.1. The molecule has 1 aromatic heterocycles. The minimum atomic E-state index is -0.698. The Hall–Kier alpha value is -2.18. The van der Waals surface area contributed by atoms with Crippen LogP contribution >= 0.6 is 11.3 Å². The maximum Gasteiger partial charge on any atom is 0.141 e. The van der Waals surface area contributed by atoms with E-state index < -0.39 is 5.92 Å². The quantitative estimate of drug-likeness (QED) is 0.637. The molecule has 0 amide bonds. The largest absolute Gasteiger partial charge is 0.299 e. The van der Waals surface area contributed by atoms with E-state index in [0.29, 0.717) is 0 Å². The highest BCUT2D eigenvalue weighted by Crippen LogP contribution is 2.28. The fourth-order valence-electron chi connectivity index (χ4n) is 2.25. The summed E-state index contributed by atoms with van der Waals surface area (Å²) in [6.07, 6.45) is 0. The second kappa shape index (κ2) is 7.01. The lowest BCUT2D eigenvalue weighted by molar-refractivity contribution is -0.130. The number of benzene rings is 1. The Morgan fingerprint density at radius 2 is 1.71 bits per heavy atom. The van der Waals surface area contributed by atoms with Gasteiger partial charge in [0, 0.05) is 5.56 Å². The third-order valence-electron chi connectivity index (χ3n) is 3.26. The number of hydrogen-bond donors (Lipinski definition) is 0. The van der Waals surface area contributed by atoms with Gasteiger partial charge in [-0.25, -0.2) is 0 Å². The molecule has 1 unspecified atom stereocenters. The van der Waals surface area contributed by atoms with Gasteiger partial charge in [-0.05, 0) is 48.4 Å². The second-order valence-corrected chi connectivity index (χ2v) is 5.65. The minimum Gasteiger partial charge on any atom is -0.299 e. The topological polar surface area (TPSA) is 34.1 Å². The van der Waals surface area contributed by atoms with Crippen LogP contribution in [0.15, 0.2) is 47.2 Å². The summed E-state index contributed by atoms with van der Waals surface area (Å²) in [6, 6.07) is 11.5. The zero-order chi connectivity index (χ0) is 15.2. The van der Waals surface area contributed by atoms with Crippen molar-refractivity contribution in [2.45, 2.75) is 19.8 Å². The van der Waals surface area contributed by atoms with Crippen LogP contribution in [0.2, 0.25) is 0 Å². The number of ketones is 2. The maximum atomic E-state index is 11.8. The SMILES string of the molecule is CC(=O)C(C(C)=O)C(C#Cc1ccccc1)c1ccsc1. The van der Waals surface area contributed by atoms with Gasteiger partial charge in [0.25, 0.3) is 0 Å². The molecule has 0 fully saturated rings. The predicted molar refractivity (Wildman–Crippen MR) is 85.2 cm³/mol. The minimum absolute atomic E-state index is 0.138. The van der Waals surface area contributed by atoms with Crippen LogP contribution in [0.1, 0.15) is 30.9 Å². The molecule has 1 atom stereocenters. The van der Waals surface area contributed by atoms with E-state index in [1.54, 1.807) is 11.3 Å². The molecule has 2 rings (SSSR count). The van der Waals surface area contributed by atoms with Crippen molar-refractivity contribution in [1.29, 1.82) is 0 Å². The van der Waals surface area contributed by atoms with Gasteiger partial charge in [-0.3, -0.25) is 9.59 Å². The smallest absolute Gasteiger partial charge is 0.141 e. The van der Waals surface area contributed by atoms with E-state index in [0.717, 1.165) is 11.1 Å². The molecule has 1 aromatic carbocycles. The lowest BCUT2D eigenvalue weighted by atomic mass is 9.82. The average molecular weight is 296 g/mol. The molecule has 3 heteroatoms. The fourth-order valence-corrected chi connectivity index (χ4v) is 2.95. The van der Waals surface area contributed by atoms with Crippen molar-refractivity contribution >= 4 is 22.9 Å². The molecule has 0 spiro atoms. The predicted octanol–water partition coefficient (Wildman–Crippen LogP) is 3.68. The molecule has 0 radical (unpaired) electrons. The van der Waals surface area contributed by atoms with E-state index in [2.05, 4.69) is 11.8 Å². The van der Waals surface area contributed by atoms with Crippen LogP contribution in [-0.4, -0.2) is 11.6 Å². The molecule has 21 heavy (non-hydrogen) atoms. The van der Waals surface area contributed by atoms with Crippen LogP contribution < -0.4 is 0 Å². The molecule has 1 heterocycles. The molecule has 0 N–H and O–H groups in total. The summed E-state index contributed by atoms with van der Waals surface area (Å²) >= 11 is 1.54. The molecule has 0 saturated heterocycles. The van der Waals surface area contributed by atoms with Crippen LogP contribution in [0.4, 0.5) is 0 Å². The monoisotopic (exact) mass is 296 g/mol. The lowest BCUT2D eigenvalue weighted by Gasteiger charge is -2.17. The number of Topliss-reactive ketones (excluding diaryl/α,β-unsaturated/α-hetero) is 2. The molecular formula is C18H16O2S. The Morgan fingerprint density at radius 1 is 1.05 bits per heavy atom. The molecule has 0 saturated carbocycles. The van der Waals surface area contributed by atoms with E-state index in [1.807, 2.05) is 47.2 Å². The number of rotatable bonds is 4. The van der Waals surface area contributed by atoms with Gasteiger partial charge < -0.3 is 0 Å². The molecule has 0 aliphatic carbocycles. The van der Waals surface area contributed by atoms with E-state index >= 15 is 0 Å². The summed E-state index contributed by atoms with van der Waals surface area (Å²) in [6.45, 7) is 2.91. The van der Waals surface area contributed by atoms with E-state index in [9.17, 15) is 9.59 Å². The van der Waals surface area contributed by atoms with Crippen LogP contribution in [-0.2, 0) is 9.59 Å². The summed E-state index contributed by atoms with van der Waals surface area (Å²) in [7, 11) is 0. The third kappa shape index (κ3) is 3.90. The third-order valence-corrected chi connectivity index (χ3v) is 3.96. The highest BCUT2D eigenvalue weighted by molar-refractivity contribution is 7.08. The Bertz CT molecular complexity index is 661. The van der Waals surface area contributed by atoms with Crippen LogP contribution in [0.25, 0.3) is 0 Å². The van der Waals surface area contributed by atoms with Crippen molar-refractivity contribution in [3.8, 4) is 11.8 Å². The fraction of sp³-hybridized carbons (Fsp3) is 0.222. The van der Waals surface area contributed by atoms with Crippen LogP contribution in [0.3, 0.4) is 0 Å². The standard InChI is InChI=1S/C18H16O2S/c1-13(19)18(14(2)20)17(16-10-11-21-12-16)9-8-15-6-4-3-5-7-15/h3-7,10-12,17-18H,1-2H3. The van der Waals surface area contributed by atoms with Gasteiger partial charge in [-0.2, -0.15) is 11.3 Å². The first-order valence-corrected chi connectivity index (χ1v) is 7.63. The summed E-state index contributed by atoms with van der Waals surface area (Å²) in [5.74, 6) is 4.83. The molecule has 0 aliphatic heterocycles. The molecule has 0 aliphatic rings. The molecule has 2 aromatic rings. The number of thiophene rings is 1. The summed E-state index contributed by atoms with van der Waals surface area (Å²) < 4.78 is 0. The Morgan fingerprint density at radius 3 is 2.24 bits per heavy atom. The summed E-state index contributed by atoms with van der Waals surface area (Å²) in [5.41, 5.74) is 1.81. The van der Waals surface area contributed by atoms with E-state index in [-0.39, 0.29) is 17.5 Å². The van der Waals surface area contributed by atoms with Gasteiger partial charge in [-0.1, -0.05) is 30.0 Å². The van der Waals surface area contributed by atoms with Crippen molar-refractivity contribution in [1.82, 2.24) is 0 Å². The van der Waals surface area contributed by atoms with Crippen molar-refractivity contribution in [2.24, 2.45) is 5.92 Å². The number of carbonyl (C=O) groups excluding carboxylic acids is 2. The van der Waals surface area contributed by atoms with Crippen molar-refractivity contribution < 1.29 is 9.59 Å². The van der Waals surface area contributed by atoms with Gasteiger partial charge in [0.1, 0.15) is 11.6 Å². The van der Waals surface area contributed by atoms with Gasteiger partial charge >= 0.3 is 0 Å². The van der Waals surface area contributed by atoms with Gasteiger partial charge in [0.15, 0.2) is 0 Å². The van der Waals surface area contributed by atoms with Gasteiger partial charge in [0.2, 0.25) is 0 Å². The second-order valence-electron chi connectivity index (χ2n) is 4.87. The molecular weight excluding hydrogens is 280 g/mol. The molecule has 0 bridgehead atoms. The van der Waals surface area contributed by atoms with E-state index in [1.165, 1.54) is 13.8 Å². The molecule has 106 valence electrons. The summed E-state index contributed by atoms with van der Waals surface area (Å²) in [5, 5.41) is 3.88. The normalized spacial score (nSPS) is 11.6. The van der Waals surface area contributed by atoms with Gasteiger partial charge in [-0.15, -0.1) is 0 Å². The average Bonchev–Trinajstić information content (AvgIpc) is 2.97. The number of carbonyl (C=O) groups is 2. The molecule has 2 nitrogen and oxygen atoms in total. The highest BCUT2D eigenvalue weighted by atomic mass is 32.1. The Balaban J connectivity index is 2.41. The number of hydrogen-bond acceptors (Lipinski definition) is 3. The zero-order valence-corrected chi connectivity index (χ0v) is 12.8. The summed E-state index contributed by atoms with van der Waals surface area (Å²) in [4.78, 5) is 23.7. The van der Waals surface area contributed by atoms with Crippen LogP contribution in [0.5, 0.6) is 0 Å². The van der Waals surface area contributed by atoms with Crippen molar-refractivity contribution in [3.63, 3.8) is 0 Å². The maximum absolute atomic E-state index is 11.8. The first-order valence-electron chi connectivity index (χ1n) is 6.69. The zero-order valence-electron chi connectivity index (χ0n) is 12.0.